The molecule has 3 amide bonds. The number of amides is 3. The van der Waals surface area contributed by atoms with Crippen molar-refractivity contribution in [2.75, 3.05) is 25.6 Å². The van der Waals surface area contributed by atoms with Gasteiger partial charge in [-0.1, -0.05) is 12.1 Å². The molecule has 130 valence electrons. The molecule has 0 aromatic heterocycles. The number of methoxy groups -OCH3 is 1. The van der Waals surface area contributed by atoms with E-state index >= 15 is 0 Å². The summed E-state index contributed by atoms with van der Waals surface area (Å²) in [7, 11) is 1.49. The van der Waals surface area contributed by atoms with Crippen molar-refractivity contribution in [1.29, 1.82) is 0 Å². The van der Waals surface area contributed by atoms with E-state index < -0.39 is 11.8 Å². The van der Waals surface area contributed by atoms with Gasteiger partial charge < -0.3 is 15.4 Å². The third kappa shape index (κ3) is 7.34. The Kier molecular flexibility index (Phi) is 8.66. The van der Waals surface area contributed by atoms with Crippen molar-refractivity contribution in [1.82, 2.24) is 10.7 Å². The number of nitrogens with zero attached hydrogens (tertiary/aromatic N) is 1. The number of carbonyl (C=O) groups is 3. The Balaban J connectivity index is 2.43. The number of nitrogens with one attached hydrogen (secondary N) is 3. The highest BCUT2D eigenvalue weighted by Gasteiger charge is 2.12. The lowest BCUT2D eigenvalue weighted by atomic mass is 10.2. The standard InChI is InChI=1S/C15H19BrN4O4/c1-10(19-20-15(23)14(22)17-7-8-24-2)9-13(21)18-12-6-4-3-5-11(12)16/h3-6H,7-9H2,1-2H3,(H,17,22)(H,18,21)(H,20,23)/b19-10-. The Morgan fingerprint density at radius 2 is 1.92 bits per heavy atom. The molecule has 0 unspecified atom stereocenters. The van der Waals surface area contributed by atoms with E-state index in [9.17, 15) is 14.4 Å². The highest BCUT2D eigenvalue weighted by atomic mass is 79.9. The van der Waals surface area contributed by atoms with Crippen molar-refractivity contribution in [3.63, 3.8) is 0 Å². The summed E-state index contributed by atoms with van der Waals surface area (Å²) in [6.45, 7) is 2.10. The number of hydrogen-bond donors (Lipinski definition) is 3. The predicted octanol–water partition coefficient (Wildman–Crippen LogP) is 1.03. The number of para-hydroxylation sites is 1. The molecule has 1 aromatic carbocycles. The minimum Gasteiger partial charge on any atom is -0.383 e. The normalized spacial score (nSPS) is 10.9. The van der Waals surface area contributed by atoms with Crippen LogP contribution in [0.1, 0.15) is 13.3 Å². The summed E-state index contributed by atoms with van der Waals surface area (Å²) in [5.41, 5.74) is 3.09. The topological polar surface area (TPSA) is 109 Å². The van der Waals surface area contributed by atoms with Crippen LogP contribution in [0.15, 0.2) is 33.8 Å². The van der Waals surface area contributed by atoms with E-state index in [0.29, 0.717) is 18.0 Å². The minimum absolute atomic E-state index is 0.0209. The first kappa shape index (κ1) is 19.8. The maximum atomic E-state index is 11.9. The van der Waals surface area contributed by atoms with Gasteiger partial charge in [0, 0.05) is 23.8 Å². The average molecular weight is 399 g/mol. The molecule has 0 radical (unpaired) electrons. The Morgan fingerprint density at radius 1 is 1.21 bits per heavy atom. The van der Waals surface area contributed by atoms with Crippen LogP contribution in [-0.2, 0) is 19.1 Å². The lowest BCUT2D eigenvalue weighted by Crippen LogP contribution is -2.39. The van der Waals surface area contributed by atoms with Gasteiger partial charge in [-0.2, -0.15) is 5.10 Å². The first-order valence-electron chi connectivity index (χ1n) is 7.08. The Hall–Kier alpha value is -2.26. The second kappa shape index (κ2) is 10.5. The van der Waals surface area contributed by atoms with E-state index in [2.05, 4.69) is 37.1 Å². The number of benzene rings is 1. The summed E-state index contributed by atoms with van der Waals surface area (Å²) in [4.78, 5) is 34.8. The summed E-state index contributed by atoms with van der Waals surface area (Å²) in [5.74, 6) is -2.01. The summed E-state index contributed by atoms with van der Waals surface area (Å²) in [6.07, 6.45) is -0.0209. The lowest BCUT2D eigenvalue weighted by Gasteiger charge is -2.07. The average Bonchev–Trinajstić information content (AvgIpc) is 2.54. The van der Waals surface area contributed by atoms with Crippen LogP contribution in [0.4, 0.5) is 5.69 Å². The summed E-state index contributed by atoms with van der Waals surface area (Å²) in [6, 6.07) is 7.18. The number of carbonyl (C=O) groups excluding carboxylic acids is 3. The maximum absolute atomic E-state index is 11.9. The van der Waals surface area contributed by atoms with Gasteiger partial charge in [-0.3, -0.25) is 14.4 Å². The lowest BCUT2D eigenvalue weighted by molar-refractivity contribution is -0.139. The summed E-state index contributed by atoms with van der Waals surface area (Å²) in [5, 5.41) is 8.80. The van der Waals surface area contributed by atoms with Crippen LogP contribution in [-0.4, -0.2) is 43.7 Å². The molecule has 0 saturated heterocycles. The molecular formula is C15H19BrN4O4. The van der Waals surface area contributed by atoms with Crippen LogP contribution in [0.2, 0.25) is 0 Å². The molecule has 0 spiro atoms. The van der Waals surface area contributed by atoms with Gasteiger partial charge in [-0.15, -0.1) is 0 Å². The molecule has 0 aliphatic heterocycles. The van der Waals surface area contributed by atoms with E-state index in [1.165, 1.54) is 7.11 Å². The number of hydrazone groups is 1. The van der Waals surface area contributed by atoms with Gasteiger partial charge in [0.25, 0.3) is 0 Å². The highest BCUT2D eigenvalue weighted by Crippen LogP contribution is 2.21. The zero-order chi connectivity index (χ0) is 17.9. The first-order valence-corrected chi connectivity index (χ1v) is 7.88. The van der Waals surface area contributed by atoms with E-state index in [1.807, 2.05) is 6.07 Å². The van der Waals surface area contributed by atoms with Crippen molar-refractivity contribution in [2.24, 2.45) is 5.10 Å². The zero-order valence-corrected chi connectivity index (χ0v) is 15.0. The second-order valence-electron chi connectivity index (χ2n) is 4.74. The van der Waals surface area contributed by atoms with Crippen molar-refractivity contribution >= 4 is 45.1 Å². The van der Waals surface area contributed by atoms with Crippen molar-refractivity contribution in [3.8, 4) is 0 Å². The van der Waals surface area contributed by atoms with Gasteiger partial charge in [-0.05, 0) is 35.0 Å². The fourth-order valence-corrected chi connectivity index (χ4v) is 1.96. The summed E-state index contributed by atoms with van der Waals surface area (Å²) >= 11 is 3.33. The van der Waals surface area contributed by atoms with Crippen molar-refractivity contribution < 1.29 is 19.1 Å². The van der Waals surface area contributed by atoms with Gasteiger partial charge in [0.15, 0.2) is 0 Å². The van der Waals surface area contributed by atoms with Crippen molar-refractivity contribution in [3.05, 3.63) is 28.7 Å². The molecule has 1 aromatic rings. The molecule has 0 aliphatic carbocycles. The minimum atomic E-state index is -0.906. The smallest absolute Gasteiger partial charge is 0.329 e. The molecule has 24 heavy (non-hydrogen) atoms. The number of hydrogen-bond acceptors (Lipinski definition) is 5. The third-order valence-electron chi connectivity index (χ3n) is 2.71. The van der Waals surface area contributed by atoms with Crippen LogP contribution in [0.5, 0.6) is 0 Å². The molecule has 0 fully saturated rings. The molecule has 1 rings (SSSR count). The second-order valence-corrected chi connectivity index (χ2v) is 5.60. The van der Waals surface area contributed by atoms with Crippen LogP contribution in [0, 0.1) is 0 Å². The fraction of sp³-hybridized carbons (Fsp3) is 0.333. The molecule has 0 bridgehead atoms. The van der Waals surface area contributed by atoms with E-state index in [-0.39, 0.29) is 18.9 Å². The highest BCUT2D eigenvalue weighted by molar-refractivity contribution is 9.10. The molecule has 0 heterocycles. The number of halogens is 1. The monoisotopic (exact) mass is 398 g/mol. The molecule has 0 aliphatic rings. The first-order chi connectivity index (χ1) is 11.4. The Labute approximate surface area is 148 Å². The van der Waals surface area contributed by atoms with Gasteiger partial charge in [-0.25, -0.2) is 5.43 Å². The Bertz CT molecular complexity index is 634. The molecule has 0 saturated carbocycles. The molecule has 0 atom stereocenters. The SMILES string of the molecule is COCCNC(=O)C(=O)N/N=C(/C)CC(=O)Nc1ccccc1Br. The van der Waals surface area contributed by atoms with Crippen molar-refractivity contribution in [2.45, 2.75) is 13.3 Å². The zero-order valence-electron chi connectivity index (χ0n) is 13.4. The fourth-order valence-electron chi connectivity index (χ4n) is 1.57. The van der Waals surface area contributed by atoms with Gasteiger partial charge in [0.1, 0.15) is 0 Å². The largest absolute Gasteiger partial charge is 0.383 e. The molecule has 3 N–H and O–H groups in total. The Morgan fingerprint density at radius 3 is 2.58 bits per heavy atom. The maximum Gasteiger partial charge on any atom is 0.329 e. The molecular weight excluding hydrogens is 380 g/mol. The quantitative estimate of drug-likeness (QED) is 0.275. The molecule has 8 nitrogen and oxygen atoms in total. The van der Waals surface area contributed by atoms with Crippen LogP contribution >= 0.6 is 15.9 Å². The third-order valence-corrected chi connectivity index (χ3v) is 3.40. The van der Waals surface area contributed by atoms with Gasteiger partial charge in [0.05, 0.1) is 18.7 Å². The number of ether oxygens (including phenoxy) is 1. The number of rotatable bonds is 7. The van der Waals surface area contributed by atoms with Crippen LogP contribution in [0.25, 0.3) is 0 Å². The van der Waals surface area contributed by atoms with Gasteiger partial charge >= 0.3 is 11.8 Å². The van der Waals surface area contributed by atoms with Crippen LogP contribution < -0.4 is 16.1 Å². The summed E-state index contributed by atoms with van der Waals surface area (Å²) < 4.78 is 5.51. The van der Waals surface area contributed by atoms with Crippen LogP contribution in [0.3, 0.4) is 0 Å². The van der Waals surface area contributed by atoms with E-state index in [4.69, 9.17) is 4.74 Å². The van der Waals surface area contributed by atoms with E-state index in [0.717, 1.165) is 4.47 Å². The van der Waals surface area contributed by atoms with E-state index in [1.54, 1.807) is 25.1 Å². The molecule has 9 heteroatoms. The van der Waals surface area contributed by atoms with Gasteiger partial charge in [0.2, 0.25) is 5.91 Å². The predicted molar refractivity (Wildman–Crippen MR) is 93.5 cm³/mol. The number of anilines is 1.